The maximum atomic E-state index is 12.6. The number of Topliss-reactive ketones (excluding diaryl/α,β-unsaturated/α-hetero) is 1. The number of nitrogens with zero attached hydrogens (tertiary/aromatic N) is 5. The van der Waals surface area contributed by atoms with E-state index in [1.165, 1.54) is 5.56 Å². The fraction of sp³-hybridized carbons (Fsp3) is 0.227. The number of allylic oxidation sites excluding steroid dienone is 1. The van der Waals surface area contributed by atoms with Crippen LogP contribution in [-0.4, -0.2) is 30.7 Å². The second kappa shape index (κ2) is 7.46. The van der Waals surface area contributed by atoms with E-state index in [1.807, 2.05) is 25.4 Å². The van der Waals surface area contributed by atoms with Gasteiger partial charge in [-0.05, 0) is 36.3 Å². The van der Waals surface area contributed by atoms with Crippen molar-refractivity contribution in [3.05, 3.63) is 69.4 Å². The molecule has 7 nitrogen and oxygen atoms in total. The number of benzene rings is 1. The Morgan fingerprint density at radius 2 is 2.20 bits per heavy atom. The molecule has 0 atom stereocenters. The summed E-state index contributed by atoms with van der Waals surface area (Å²) < 4.78 is 7.07. The van der Waals surface area contributed by atoms with Gasteiger partial charge < -0.3 is 4.52 Å². The van der Waals surface area contributed by atoms with Gasteiger partial charge in [0.1, 0.15) is 5.69 Å². The van der Waals surface area contributed by atoms with Gasteiger partial charge in [0.15, 0.2) is 11.6 Å². The number of fused-ring (bicyclic) bond motifs is 1. The lowest BCUT2D eigenvalue weighted by Gasteiger charge is -2.04. The Hall–Kier alpha value is -3.39. The summed E-state index contributed by atoms with van der Waals surface area (Å²) in [5.74, 6) is 1.23. The van der Waals surface area contributed by atoms with Gasteiger partial charge in [0.05, 0.1) is 10.7 Å². The molecular formula is C22H19N5O2S. The van der Waals surface area contributed by atoms with Gasteiger partial charge in [-0.3, -0.25) is 9.48 Å². The zero-order valence-electron chi connectivity index (χ0n) is 16.6. The minimum atomic E-state index is 0.0298. The van der Waals surface area contributed by atoms with E-state index in [4.69, 9.17) is 4.52 Å². The van der Waals surface area contributed by atoms with Crippen LogP contribution in [0.15, 0.2) is 40.4 Å². The van der Waals surface area contributed by atoms with Crippen molar-refractivity contribution < 1.29 is 9.32 Å². The SMILES string of the molecule is Cc1noc(C2=Cc3cc(-c4cc(C(=O)CCc5nccs5)nn4C)ccc3C2)n1. The highest BCUT2D eigenvalue weighted by Gasteiger charge is 2.20. The first-order valence-electron chi connectivity index (χ1n) is 9.67. The Kier molecular flexibility index (Phi) is 4.63. The lowest BCUT2D eigenvalue weighted by Crippen LogP contribution is -2.03. The molecule has 0 spiro atoms. The second-order valence-electron chi connectivity index (χ2n) is 7.29. The number of aryl methyl sites for hydroxylation is 3. The van der Waals surface area contributed by atoms with E-state index < -0.39 is 0 Å². The minimum absolute atomic E-state index is 0.0298. The van der Waals surface area contributed by atoms with E-state index in [0.717, 1.165) is 33.8 Å². The van der Waals surface area contributed by atoms with Crippen molar-refractivity contribution in [2.24, 2.45) is 7.05 Å². The van der Waals surface area contributed by atoms with E-state index in [9.17, 15) is 4.79 Å². The molecule has 0 radical (unpaired) electrons. The van der Waals surface area contributed by atoms with Gasteiger partial charge in [-0.2, -0.15) is 10.1 Å². The highest BCUT2D eigenvalue weighted by Crippen LogP contribution is 2.33. The minimum Gasteiger partial charge on any atom is -0.334 e. The molecule has 150 valence electrons. The number of carbonyl (C=O) groups excluding carboxylic acids is 1. The van der Waals surface area contributed by atoms with Gasteiger partial charge in [0, 0.05) is 49.0 Å². The molecule has 0 bridgehead atoms. The average molecular weight is 417 g/mol. The molecule has 3 heterocycles. The highest BCUT2D eigenvalue weighted by atomic mass is 32.1. The standard InChI is InChI=1S/C22H19N5O2S/c1-13-24-22(29-26-13)17-9-14-3-4-15(10-16(14)11-17)19-12-18(25-27(19)2)20(28)5-6-21-23-7-8-30-21/h3-4,7-8,10-12H,5-6,9H2,1-2H3. The molecule has 0 fully saturated rings. The third kappa shape index (κ3) is 3.50. The van der Waals surface area contributed by atoms with Crippen LogP contribution in [0.3, 0.4) is 0 Å². The van der Waals surface area contributed by atoms with E-state index >= 15 is 0 Å². The van der Waals surface area contributed by atoms with E-state index in [-0.39, 0.29) is 5.78 Å². The molecule has 5 rings (SSSR count). The fourth-order valence-corrected chi connectivity index (χ4v) is 4.28. The van der Waals surface area contributed by atoms with Gasteiger partial charge in [0.25, 0.3) is 5.89 Å². The van der Waals surface area contributed by atoms with Crippen LogP contribution in [0.4, 0.5) is 0 Å². The zero-order chi connectivity index (χ0) is 20.7. The Morgan fingerprint density at radius 1 is 1.30 bits per heavy atom. The first-order valence-corrected chi connectivity index (χ1v) is 10.5. The summed E-state index contributed by atoms with van der Waals surface area (Å²) >= 11 is 1.57. The number of carbonyl (C=O) groups is 1. The zero-order valence-corrected chi connectivity index (χ0v) is 17.4. The van der Waals surface area contributed by atoms with Crippen LogP contribution < -0.4 is 0 Å². The molecule has 1 aromatic carbocycles. The molecule has 1 aliphatic carbocycles. The molecule has 1 aliphatic rings. The van der Waals surface area contributed by atoms with Gasteiger partial charge in [-0.15, -0.1) is 11.3 Å². The van der Waals surface area contributed by atoms with Crippen molar-refractivity contribution in [2.45, 2.75) is 26.2 Å². The lowest BCUT2D eigenvalue weighted by molar-refractivity contribution is 0.0977. The van der Waals surface area contributed by atoms with Crippen molar-refractivity contribution in [1.82, 2.24) is 24.9 Å². The Morgan fingerprint density at radius 3 is 2.97 bits per heavy atom. The number of hydrogen-bond acceptors (Lipinski definition) is 7. The number of hydrogen-bond donors (Lipinski definition) is 0. The Balaban J connectivity index is 1.38. The lowest BCUT2D eigenvalue weighted by atomic mass is 10.0. The molecule has 0 saturated heterocycles. The largest absolute Gasteiger partial charge is 0.334 e. The Labute approximate surface area is 177 Å². The van der Waals surface area contributed by atoms with Gasteiger partial charge in [-0.25, -0.2) is 4.98 Å². The van der Waals surface area contributed by atoms with E-state index in [2.05, 4.69) is 44.5 Å². The topological polar surface area (TPSA) is 86.7 Å². The number of rotatable bonds is 6. The summed E-state index contributed by atoms with van der Waals surface area (Å²) in [6.07, 6.45) is 5.66. The summed E-state index contributed by atoms with van der Waals surface area (Å²) in [5.41, 5.74) is 5.77. The summed E-state index contributed by atoms with van der Waals surface area (Å²) in [6, 6.07) is 8.16. The van der Waals surface area contributed by atoms with Crippen LogP contribution in [0, 0.1) is 6.92 Å². The van der Waals surface area contributed by atoms with Crippen molar-refractivity contribution in [3.63, 3.8) is 0 Å². The third-order valence-electron chi connectivity index (χ3n) is 5.17. The molecule has 0 N–H and O–H groups in total. The molecule has 0 amide bonds. The van der Waals surface area contributed by atoms with Crippen LogP contribution in [0.5, 0.6) is 0 Å². The average Bonchev–Trinajstić information content (AvgIpc) is 3.51. The first kappa shape index (κ1) is 18.6. The second-order valence-corrected chi connectivity index (χ2v) is 8.27. The summed E-state index contributed by atoms with van der Waals surface area (Å²) in [7, 11) is 1.86. The van der Waals surface area contributed by atoms with Gasteiger partial charge in [0.2, 0.25) is 0 Å². The summed E-state index contributed by atoms with van der Waals surface area (Å²) in [4.78, 5) is 21.2. The van der Waals surface area contributed by atoms with Crippen molar-refractivity contribution in [2.75, 3.05) is 0 Å². The molecule has 3 aromatic heterocycles. The normalized spacial score (nSPS) is 12.8. The van der Waals surface area contributed by atoms with Crippen molar-refractivity contribution in [3.8, 4) is 11.3 Å². The smallest absolute Gasteiger partial charge is 0.254 e. The molecule has 30 heavy (non-hydrogen) atoms. The first-order chi connectivity index (χ1) is 14.6. The summed E-state index contributed by atoms with van der Waals surface area (Å²) in [6.45, 7) is 1.81. The third-order valence-corrected chi connectivity index (χ3v) is 6.01. The molecule has 0 saturated carbocycles. The van der Waals surface area contributed by atoms with Crippen LogP contribution in [-0.2, 0) is 19.9 Å². The van der Waals surface area contributed by atoms with Crippen LogP contribution in [0.2, 0.25) is 0 Å². The maximum Gasteiger partial charge on any atom is 0.254 e. The molecule has 4 aromatic rings. The highest BCUT2D eigenvalue weighted by molar-refractivity contribution is 7.09. The molecule has 0 aliphatic heterocycles. The van der Waals surface area contributed by atoms with Gasteiger partial charge in [-0.1, -0.05) is 17.3 Å². The predicted molar refractivity (Wildman–Crippen MR) is 114 cm³/mol. The van der Waals surface area contributed by atoms with Crippen molar-refractivity contribution >= 4 is 28.8 Å². The van der Waals surface area contributed by atoms with Gasteiger partial charge >= 0.3 is 0 Å². The van der Waals surface area contributed by atoms with Crippen LogP contribution in [0.1, 0.15) is 44.8 Å². The number of ketones is 1. The predicted octanol–water partition coefficient (Wildman–Crippen LogP) is 4.15. The van der Waals surface area contributed by atoms with E-state index in [1.54, 1.807) is 22.2 Å². The fourth-order valence-electron chi connectivity index (χ4n) is 3.66. The summed E-state index contributed by atoms with van der Waals surface area (Å²) in [5, 5.41) is 11.2. The number of aromatic nitrogens is 5. The Bertz CT molecular complexity index is 1270. The molecule has 0 unspecified atom stereocenters. The maximum absolute atomic E-state index is 12.6. The molecule has 8 heteroatoms. The quantitative estimate of drug-likeness (QED) is 0.438. The van der Waals surface area contributed by atoms with E-state index in [0.29, 0.717) is 30.3 Å². The van der Waals surface area contributed by atoms with Crippen molar-refractivity contribution in [1.29, 1.82) is 0 Å². The monoisotopic (exact) mass is 417 g/mol. The molecular weight excluding hydrogens is 398 g/mol. The van der Waals surface area contributed by atoms with Crippen LogP contribution >= 0.6 is 11.3 Å². The number of thiazole rings is 1. The van der Waals surface area contributed by atoms with Crippen LogP contribution in [0.25, 0.3) is 22.9 Å².